The average molecular weight is 275 g/mol. The maximum atomic E-state index is 11.9. The molecule has 3 rings (SSSR count). The second-order valence-electron chi connectivity index (χ2n) is 4.06. The number of rotatable bonds is 2. The number of halogens is 1. The number of hydrogen-bond acceptors (Lipinski definition) is 3. The Morgan fingerprint density at radius 1 is 1.37 bits per heavy atom. The maximum Gasteiger partial charge on any atom is 0.340 e. The predicted octanol–water partition coefficient (Wildman–Crippen LogP) is 3.32. The molecule has 5 heteroatoms. The summed E-state index contributed by atoms with van der Waals surface area (Å²) in [7, 11) is 0. The molecule has 0 bridgehead atoms. The lowest BCUT2D eigenvalue weighted by Gasteiger charge is -2.05. The van der Waals surface area contributed by atoms with Crippen LogP contribution in [0.25, 0.3) is 16.6 Å². The summed E-state index contributed by atoms with van der Waals surface area (Å²) in [5.74, 6) is -0.385. The number of aromatic nitrogens is 2. The van der Waals surface area contributed by atoms with Crippen LogP contribution in [0.15, 0.2) is 36.5 Å². The van der Waals surface area contributed by atoms with Crippen LogP contribution in [0.5, 0.6) is 0 Å². The number of ether oxygens (including phenoxy) is 1. The van der Waals surface area contributed by atoms with Crippen molar-refractivity contribution in [3.63, 3.8) is 0 Å². The largest absolute Gasteiger partial charge is 0.462 e. The van der Waals surface area contributed by atoms with E-state index in [1.807, 2.05) is 28.7 Å². The summed E-state index contributed by atoms with van der Waals surface area (Å²) in [5.41, 5.74) is 2.70. The van der Waals surface area contributed by atoms with Crippen LogP contribution in [-0.2, 0) is 4.74 Å². The Balaban J connectivity index is 2.34. The van der Waals surface area contributed by atoms with Gasteiger partial charge in [-0.1, -0.05) is 23.7 Å². The summed E-state index contributed by atoms with van der Waals surface area (Å²) in [6.07, 6.45) is 1.80. The third kappa shape index (κ3) is 1.85. The first kappa shape index (κ1) is 12.0. The number of para-hydroxylation sites is 2. The highest BCUT2D eigenvalue weighted by molar-refractivity contribution is 6.34. The van der Waals surface area contributed by atoms with Gasteiger partial charge in [0, 0.05) is 6.20 Å². The first-order valence-corrected chi connectivity index (χ1v) is 6.32. The lowest BCUT2D eigenvalue weighted by atomic mass is 10.2. The highest BCUT2D eigenvalue weighted by Gasteiger charge is 2.17. The highest BCUT2D eigenvalue weighted by Crippen LogP contribution is 2.26. The van der Waals surface area contributed by atoms with E-state index in [9.17, 15) is 4.79 Å². The summed E-state index contributed by atoms with van der Waals surface area (Å²) >= 11 is 6.19. The van der Waals surface area contributed by atoms with Crippen LogP contribution in [0.2, 0.25) is 5.15 Å². The number of fused-ring (bicyclic) bond motifs is 3. The molecule has 0 fully saturated rings. The number of hydrogen-bond donors (Lipinski definition) is 0. The minimum Gasteiger partial charge on any atom is -0.462 e. The Morgan fingerprint density at radius 2 is 2.16 bits per heavy atom. The van der Waals surface area contributed by atoms with Crippen LogP contribution in [0, 0.1) is 0 Å². The van der Waals surface area contributed by atoms with Crippen molar-refractivity contribution >= 4 is 34.1 Å². The molecule has 0 unspecified atom stereocenters. The third-order valence-corrected chi connectivity index (χ3v) is 3.20. The zero-order chi connectivity index (χ0) is 13.4. The Bertz CT molecular complexity index is 780. The molecule has 0 aliphatic heterocycles. The van der Waals surface area contributed by atoms with Crippen molar-refractivity contribution in [2.75, 3.05) is 6.61 Å². The van der Waals surface area contributed by atoms with Gasteiger partial charge < -0.3 is 9.14 Å². The van der Waals surface area contributed by atoms with Crippen molar-refractivity contribution in [1.29, 1.82) is 0 Å². The van der Waals surface area contributed by atoms with E-state index < -0.39 is 0 Å². The van der Waals surface area contributed by atoms with Crippen molar-refractivity contribution in [2.24, 2.45) is 0 Å². The number of esters is 1. The van der Waals surface area contributed by atoms with E-state index >= 15 is 0 Å². The summed E-state index contributed by atoms with van der Waals surface area (Å²) in [6.45, 7) is 2.10. The van der Waals surface area contributed by atoms with Crippen LogP contribution in [0.3, 0.4) is 0 Å². The maximum absolute atomic E-state index is 11.9. The molecule has 19 heavy (non-hydrogen) atoms. The molecule has 2 heterocycles. The van der Waals surface area contributed by atoms with Gasteiger partial charge in [0.05, 0.1) is 28.7 Å². The summed E-state index contributed by atoms with van der Waals surface area (Å²) in [6, 6.07) is 9.33. The number of carbonyl (C=O) groups excluding carboxylic acids is 1. The number of benzene rings is 1. The fourth-order valence-electron chi connectivity index (χ4n) is 2.14. The fraction of sp³-hybridized carbons (Fsp3) is 0.143. The molecule has 0 spiro atoms. The molecule has 0 radical (unpaired) electrons. The average Bonchev–Trinajstić information content (AvgIpc) is 2.85. The standard InChI is InChI=1S/C14H11ClN2O2/c1-2-19-14(18)9-7-8-17-11-6-4-3-5-10(11)16-13(15)12(9)17/h3-8H,2H2,1H3. The van der Waals surface area contributed by atoms with Gasteiger partial charge >= 0.3 is 5.97 Å². The molecular weight excluding hydrogens is 264 g/mol. The van der Waals surface area contributed by atoms with Crippen molar-refractivity contribution in [3.8, 4) is 0 Å². The van der Waals surface area contributed by atoms with Crippen LogP contribution in [0.1, 0.15) is 17.3 Å². The van der Waals surface area contributed by atoms with E-state index in [1.54, 1.807) is 19.2 Å². The molecular formula is C14H11ClN2O2. The first-order chi connectivity index (χ1) is 9.22. The molecule has 0 amide bonds. The van der Waals surface area contributed by atoms with Gasteiger partial charge in [-0.3, -0.25) is 0 Å². The number of carbonyl (C=O) groups is 1. The molecule has 0 N–H and O–H groups in total. The van der Waals surface area contributed by atoms with Crippen LogP contribution in [0.4, 0.5) is 0 Å². The molecule has 0 aliphatic carbocycles. The van der Waals surface area contributed by atoms with Crippen molar-refractivity contribution in [2.45, 2.75) is 6.92 Å². The quantitative estimate of drug-likeness (QED) is 0.673. The molecule has 3 aromatic rings. The van der Waals surface area contributed by atoms with Gasteiger partial charge in [-0.25, -0.2) is 9.78 Å². The van der Waals surface area contributed by atoms with Crippen LogP contribution in [-0.4, -0.2) is 22.0 Å². The molecule has 2 aromatic heterocycles. The van der Waals surface area contributed by atoms with Gasteiger partial charge in [-0.2, -0.15) is 0 Å². The van der Waals surface area contributed by atoms with Gasteiger partial charge in [0.2, 0.25) is 0 Å². The third-order valence-electron chi connectivity index (χ3n) is 2.94. The SMILES string of the molecule is CCOC(=O)c1ccn2c1c(Cl)nc1ccccc12. The topological polar surface area (TPSA) is 43.6 Å². The van der Waals surface area contributed by atoms with E-state index in [0.717, 1.165) is 11.0 Å². The van der Waals surface area contributed by atoms with Gasteiger partial charge in [0.15, 0.2) is 5.15 Å². The highest BCUT2D eigenvalue weighted by atomic mass is 35.5. The molecule has 4 nitrogen and oxygen atoms in total. The van der Waals surface area contributed by atoms with Gasteiger partial charge in [-0.05, 0) is 25.1 Å². The van der Waals surface area contributed by atoms with Gasteiger partial charge in [0.1, 0.15) is 0 Å². The minimum absolute atomic E-state index is 0.298. The van der Waals surface area contributed by atoms with E-state index in [0.29, 0.717) is 22.8 Å². The molecule has 0 saturated heterocycles. The molecule has 96 valence electrons. The fourth-order valence-corrected chi connectivity index (χ4v) is 2.42. The normalized spacial score (nSPS) is 11.1. The Kier molecular flexibility index (Phi) is 2.87. The lowest BCUT2D eigenvalue weighted by molar-refractivity contribution is 0.0529. The smallest absolute Gasteiger partial charge is 0.340 e. The second-order valence-corrected chi connectivity index (χ2v) is 4.42. The summed E-state index contributed by atoms with van der Waals surface area (Å²) in [4.78, 5) is 16.2. The van der Waals surface area contributed by atoms with Crippen LogP contribution < -0.4 is 0 Å². The zero-order valence-electron chi connectivity index (χ0n) is 10.3. The predicted molar refractivity (Wildman–Crippen MR) is 73.7 cm³/mol. The zero-order valence-corrected chi connectivity index (χ0v) is 11.0. The van der Waals surface area contributed by atoms with Crippen molar-refractivity contribution in [3.05, 3.63) is 47.2 Å². The van der Waals surface area contributed by atoms with E-state index in [4.69, 9.17) is 16.3 Å². The van der Waals surface area contributed by atoms with E-state index in [1.165, 1.54) is 0 Å². The number of nitrogens with zero attached hydrogens (tertiary/aromatic N) is 2. The van der Waals surface area contributed by atoms with Crippen LogP contribution >= 0.6 is 11.6 Å². The molecule has 0 saturated carbocycles. The monoisotopic (exact) mass is 274 g/mol. The van der Waals surface area contributed by atoms with E-state index in [2.05, 4.69) is 4.98 Å². The summed E-state index contributed by atoms with van der Waals surface area (Å²) in [5, 5.41) is 0.298. The van der Waals surface area contributed by atoms with E-state index in [-0.39, 0.29) is 5.97 Å². The molecule has 1 aromatic carbocycles. The lowest BCUT2D eigenvalue weighted by Crippen LogP contribution is -2.05. The second kappa shape index (κ2) is 4.55. The Labute approximate surface area is 114 Å². The van der Waals surface area contributed by atoms with Crippen molar-refractivity contribution < 1.29 is 9.53 Å². The molecule has 0 atom stereocenters. The Hall–Kier alpha value is -2.07. The minimum atomic E-state index is -0.385. The van der Waals surface area contributed by atoms with Crippen molar-refractivity contribution in [1.82, 2.24) is 9.38 Å². The summed E-state index contributed by atoms with van der Waals surface area (Å²) < 4.78 is 6.88. The first-order valence-electron chi connectivity index (χ1n) is 5.94. The van der Waals surface area contributed by atoms with Gasteiger partial charge in [0.25, 0.3) is 0 Å². The molecule has 0 aliphatic rings. The Morgan fingerprint density at radius 3 is 2.95 bits per heavy atom. The van der Waals surface area contributed by atoms with Gasteiger partial charge in [-0.15, -0.1) is 0 Å².